The van der Waals surface area contributed by atoms with E-state index in [0.717, 1.165) is 0 Å². The summed E-state index contributed by atoms with van der Waals surface area (Å²) in [6, 6.07) is 2.41. The standard InChI is InChI=1S/C16H27N3O6/c1-16(2,3)24-15(23)18(11-9-17)10-5-4-6-14(22)25-19-12(20)7-8-13(19)21/h7-8,20-21H,4-6,9-11,17H2,1-3H3. The Balaban J connectivity index is 2.38. The van der Waals surface area contributed by atoms with E-state index < -0.39 is 17.7 Å². The van der Waals surface area contributed by atoms with Crippen molar-refractivity contribution in [2.24, 2.45) is 5.73 Å². The molecule has 0 bridgehead atoms. The van der Waals surface area contributed by atoms with Crippen LogP contribution in [0.15, 0.2) is 12.1 Å². The summed E-state index contributed by atoms with van der Waals surface area (Å²) in [5.74, 6) is -1.35. The number of carbonyl (C=O) groups excluding carboxylic acids is 2. The molecule has 0 saturated heterocycles. The van der Waals surface area contributed by atoms with Gasteiger partial charge in [0.25, 0.3) is 0 Å². The maximum atomic E-state index is 12.1. The van der Waals surface area contributed by atoms with Gasteiger partial charge in [0, 0.05) is 38.2 Å². The van der Waals surface area contributed by atoms with Crippen LogP contribution in [-0.4, -0.2) is 57.1 Å². The second-order valence-corrected chi connectivity index (χ2v) is 6.52. The molecule has 9 nitrogen and oxygen atoms in total. The van der Waals surface area contributed by atoms with Gasteiger partial charge in [-0.2, -0.15) is 0 Å². The number of nitrogens with zero attached hydrogens (tertiary/aromatic N) is 2. The van der Waals surface area contributed by atoms with Gasteiger partial charge in [-0.3, -0.25) is 0 Å². The minimum atomic E-state index is -0.607. The van der Waals surface area contributed by atoms with Crippen molar-refractivity contribution in [2.45, 2.75) is 45.6 Å². The van der Waals surface area contributed by atoms with E-state index in [9.17, 15) is 19.8 Å². The first-order valence-electron chi connectivity index (χ1n) is 8.13. The summed E-state index contributed by atoms with van der Waals surface area (Å²) in [6.45, 7) is 6.44. The number of hydrogen-bond donors (Lipinski definition) is 3. The van der Waals surface area contributed by atoms with Crippen molar-refractivity contribution in [1.29, 1.82) is 0 Å². The zero-order valence-electron chi connectivity index (χ0n) is 14.9. The van der Waals surface area contributed by atoms with Crippen molar-refractivity contribution in [3.05, 3.63) is 12.1 Å². The van der Waals surface area contributed by atoms with E-state index in [-0.39, 0.29) is 18.2 Å². The van der Waals surface area contributed by atoms with Gasteiger partial charge in [-0.1, -0.05) is 0 Å². The number of unbranched alkanes of at least 4 members (excludes halogenated alkanes) is 1. The Hall–Kier alpha value is -2.42. The third kappa shape index (κ3) is 7.34. The van der Waals surface area contributed by atoms with E-state index in [1.807, 2.05) is 0 Å². The summed E-state index contributed by atoms with van der Waals surface area (Å²) in [7, 11) is 0. The van der Waals surface area contributed by atoms with Crippen LogP contribution in [0.3, 0.4) is 0 Å². The molecule has 0 aliphatic heterocycles. The maximum Gasteiger partial charge on any atom is 0.410 e. The lowest BCUT2D eigenvalue weighted by atomic mass is 10.2. The summed E-state index contributed by atoms with van der Waals surface area (Å²) in [5, 5.41) is 18.8. The first kappa shape index (κ1) is 20.6. The second kappa shape index (κ2) is 9.16. The second-order valence-electron chi connectivity index (χ2n) is 6.52. The lowest BCUT2D eigenvalue weighted by Crippen LogP contribution is -2.40. The van der Waals surface area contributed by atoms with Crippen LogP contribution in [0.5, 0.6) is 11.8 Å². The molecule has 0 spiro atoms. The number of hydrogen-bond acceptors (Lipinski definition) is 7. The number of ether oxygens (including phenoxy) is 1. The van der Waals surface area contributed by atoms with Crippen molar-refractivity contribution < 1.29 is 29.4 Å². The Morgan fingerprint density at radius 3 is 2.28 bits per heavy atom. The van der Waals surface area contributed by atoms with Gasteiger partial charge < -0.3 is 30.4 Å². The van der Waals surface area contributed by atoms with Crippen LogP contribution in [0.4, 0.5) is 4.79 Å². The first-order valence-corrected chi connectivity index (χ1v) is 8.13. The largest absolute Gasteiger partial charge is 0.492 e. The highest BCUT2D eigenvalue weighted by molar-refractivity contribution is 5.70. The summed E-state index contributed by atoms with van der Waals surface area (Å²) in [5.41, 5.74) is 4.93. The van der Waals surface area contributed by atoms with Crippen molar-refractivity contribution in [2.75, 3.05) is 19.6 Å². The SMILES string of the molecule is CC(C)(C)OC(=O)N(CCN)CCCCC(=O)On1c(O)ccc1O. The molecule has 1 aromatic rings. The van der Waals surface area contributed by atoms with E-state index >= 15 is 0 Å². The fourth-order valence-electron chi connectivity index (χ4n) is 1.99. The average molecular weight is 357 g/mol. The molecule has 0 unspecified atom stereocenters. The van der Waals surface area contributed by atoms with Crippen LogP contribution in [0, 0.1) is 0 Å². The van der Waals surface area contributed by atoms with Crippen LogP contribution in [0.1, 0.15) is 40.0 Å². The maximum absolute atomic E-state index is 12.1. The molecule has 1 amide bonds. The molecule has 25 heavy (non-hydrogen) atoms. The third-order valence-corrected chi connectivity index (χ3v) is 3.10. The molecule has 1 rings (SSSR count). The number of amides is 1. The van der Waals surface area contributed by atoms with Gasteiger partial charge in [-0.15, -0.1) is 4.73 Å². The number of carbonyl (C=O) groups is 2. The number of aromatic hydroxyl groups is 2. The Bertz CT molecular complexity index is 559. The molecule has 0 radical (unpaired) electrons. The number of nitrogens with two attached hydrogens (primary N) is 1. The van der Waals surface area contributed by atoms with E-state index in [1.54, 1.807) is 20.8 Å². The molecule has 4 N–H and O–H groups in total. The summed E-state index contributed by atoms with van der Waals surface area (Å²) in [6.07, 6.45) is 0.647. The summed E-state index contributed by atoms with van der Waals surface area (Å²) < 4.78 is 5.95. The lowest BCUT2D eigenvalue weighted by Gasteiger charge is -2.27. The van der Waals surface area contributed by atoms with Gasteiger partial charge in [-0.25, -0.2) is 9.59 Å². The molecule has 0 aromatic carbocycles. The van der Waals surface area contributed by atoms with Crippen molar-refractivity contribution in [1.82, 2.24) is 9.63 Å². The van der Waals surface area contributed by atoms with E-state index in [4.69, 9.17) is 15.3 Å². The highest BCUT2D eigenvalue weighted by Crippen LogP contribution is 2.19. The molecule has 1 aromatic heterocycles. The van der Waals surface area contributed by atoms with Gasteiger partial charge in [-0.05, 0) is 33.6 Å². The van der Waals surface area contributed by atoms with Gasteiger partial charge in [0.05, 0.1) is 0 Å². The summed E-state index contributed by atoms with van der Waals surface area (Å²) in [4.78, 5) is 30.1. The quantitative estimate of drug-likeness (QED) is 0.597. The molecular formula is C16H27N3O6. The first-order chi connectivity index (χ1) is 11.6. The van der Waals surface area contributed by atoms with E-state index in [0.29, 0.717) is 37.2 Å². The Morgan fingerprint density at radius 1 is 1.16 bits per heavy atom. The fraction of sp³-hybridized carbons (Fsp3) is 0.625. The van der Waals surface area contributed by atoms with Crippen LogP contribution in [0.2, 0.25) is 0 Å². The molecule has 0 aliphatic rings. The zero-order valence-corrected chi connectivity index (χ0v) is 14.9. The highest BCUT2D eigenvalue weighted by atomic mass is 16.7. The summed E-state index contributed by atoms with van der Waals surface area (Å²) >= 11 is 0. The van der Waals surface area contributed by atoms with Gasteiger partial charge in [0.15, 0.2) is 0 Å². The molecule has 0 atom stereocenters. The van der Waals surface area contributed by atoms with Crippen LogP contribution < -0.4 is 10.6 Å². The molecular weight excluding hydrogens is 330 g/mol. The topological polar surface area (TPSA) is 127 Å². The van der Waals surface area contributed by atoms with Crippen LogP contribution in [-0.2, 0) is 9.53 Å². The number of aromatic nitrogens is 1. The highest BCUT2D eigenvalue weighted by Gasteiger charge is 2.21. The van der Waals surface area contributed by atoms with Crippen molar-refractivity contribution in [3.8, 4) is 11.8 Å². The van der Waals surface area contributed by atoms with E-state index in [1.165, 1.54) is 17.0 Å². The minimum Gasteiger partial charge on any atom is -0.492 e. The predicted molar refractivity (Wildman–Crippen MR) is 90.1 cm³/mol. The fourth-order valence-corrected chi connectivity index (χ4v) is 1.99. The van der Waals surface area contributed by atoms with Crippen molar-refractivity contribution >= 4 is 12.1 Å². The van der Waals surface area contributed by atoms with Gasteiger partial charge in [0.2, 0.25) is 11.8 Å². The van der Waals surface area contributed by atoms with Crippen molar-refractivity contribution in [3.63, 3.8) is 0 Å². The van der Waals surface area contributed by atoms with Crippen LogP contribution in [0.25, 0.3) is 0 Å². The normalized spacial score (nSPS) is 11.2. The minimum absolute atomic E-state index is 0.0713. The smallest absolute Gasteiger partial charge is 0.410 e. The molecule has 0 aliphatic carbocycles. The van der Waals surface area contributed by atoms with E-state index in [2.05, 4.69) is 0 Å². The predicted octanol–water partition coefficient (Wildman–Crippen LogP) is 1.22. The molecule has 0 fully saturated rings. The average Bonchev–Trinajstić information content (AvgIpc) is 2.80. The number of rotatable bonds is 8. The Morgan fingerprint density at radius 2 is 1.76 bits per heavy atom. The Kier molecular flexibility index (Phi) is 7.56. The molecule has 9 heteroatoms. The van der Waals surface area contributed by atoms with Gasteiger partial charge in [0.1, 0.15) is 5.60 Å². The van der Waals surface area contributed by atoms with Gasteiger partial charge >= 0.3 is 12.1 Å². The zero-order chi connectivity index (χ0) is 19.0. The lowest BCUT2D eigenvalue weighted by molar-refractivity contribution is -0.145. The Labute approximate surface area is 146 Å². The monoisotopic (exact) mass is 357 g/mol. The van der Waals surface area contributed by atoms with Crippen LogP contribution >= 0.6 is 0 Å². The molecule has 1 heterocycles. The molecule has 0 saturated carbocycles. The molecule has 142 valence electrons. The third-order valence-electron chi connectivity index (χ3n) is 3.10.